The molecule has 2 N–H and O–H groups in total. The van der Waals surface area contributed by atoms with Crippen LogP contribution in [0.4, 0.5) is 5.88 Å². The number of nitrogens with one attached hydrogen (secondary N) is 2. The maximum atomic E-state index is 11.9. The molecule has 0 bridgehead atoms. The predicted octanol–water partition coefficient (Wildman–Crippen LogP) is 0.686. The minimum Gasteiger partial charge on any atom is -0.395 e. The third kappa shape index (κ3) is 3.14. The van der Waals surface area contributed by atoms with Gasteiger partial charge in [-0.1, -0.05) is 0 Å². The third-order valence-corrected chi connectivity index (χ3v) is 3.34. The smallest absolute Gasteiger partial charge is 0.395 e. The first-order chi connectivity index (χ1) is 9.56. The van der Waals surface area contributed by atoms with Gasteiger partial charge in [-0.25, -0.2) is 0 Å². The van der Waals surface area contributed by atoms with E-state index in [4.69, 9.17) is 9.15 Å². The van der Waals surface area contributed by atoms with Crippen LogP contribution >= 0.6 is 0 Å². The Bertz CT molecular complexity index is 493. The molecule has 1 saturated heterocycles. The van der Waals surface area contributed by atoms with E-state index in [9.17, 15) is 14.9 Å². The van der Waals surface area contributed by atoms with Gasteiger partial charge in [0.15, 0.2) is 5.76 Å². The highest BCUT2D eigenvalue weighted by Crippen LogP contribution is 2.20. The molecule has 2 rings (SSSR count). The normalized spacial score (nSPS) is 21.9. The van der Waals surface area contributed by atoms with Crippen molar-refractivity contribution >= 4 is 11.8 Å². The number of amides is 1. The SMILES string of the molecule is COCC1(CNC(=O)c2ccc([N+](=O)[O-])o2)CCCN1. The molecule has 8 heteroatoms. The van der Waals surface area contributed by atoms with Crippen molar-refractivity contribution < 1.29 is 18.9 Å². The highest BCUT2D eigenvalue weighted by molar-refractivity contribution is 5.91. The Morgan fingerprint density at radius 3 is 3.00 bits per heavy atom. The van der Waals surface area contributed by atoms with Crippen LogP contribution in [0.3, 0.4) is 0 Å². The standard InChI is InChI=1S/C12H17N3O5/c1-19-8-12(5-2-6-14-12)7-13-11(16)9-3-4-10(20-9)15(17)18/h3-4,14H,2,5-8H2,1H3,(H,13,16). The third-order valence-electron chi connectivity index (χ3n) is 3.34. The Labute approximate surface area is 115 Å². The molecule has 1 atom stereocenters. The molecular formula is C12H17N3O5. The Morgan fingerprint density at radius 2 is 2.45 bits per heavy atom. The Balaban J connectivity index is 1.95. The van der Waals surface area contributed by atoms with E-state index in [0.717, 1.165) is 25.5 Å². The summed E-state index contributed by atoms with van der Waals surface area (Å²) in [7, 11) is 1.61. The van der Waals surface area contributed by atoms with Gasteiger partial charge in [0.05, 0.1) is 18.2 Å². The number of furan rings is 1. The van der Waals surface area contributed by atoms with Crippen LogP contribution in [0.25, 0.3) is 0 Å². The van der Waals surface area contributed by atoms with Crippen molar-refractivity contribution in [3.05, 3.63) is 28.0 Å². The van der Waals surface area contributed by atoms with Crippen LogP contribution < -0.4 is 10.6 Å². The number of hydrogen-bond acceptors (Lipinski definition) is 6. The summed E-state index contributed by atoms with van der Waals surface area (Å²) in [4.78, 5) is 21.7. The fourth-order valence-electron chi connectivity index (χ4n) is 2.35. The maximum absolute atomic E-state index is 11.9. The zero-order valence-corrected chi connectivity index (χ0v) is 11.2. The van der Waals surface area contributed by atoms with Gasteiger partial charge in [-0.2, -0.15) is 0 Å². The lowest BCUT2D eigenvalue weighted by Gasteiger charge is -2.28. The summed E-state index contributed by atoms with van der Waals surface area (Å²) in [6, 6.07) is 2.45. The quantitative estimate of drug-likeness (QED) is 0.587. The van der Waals surface area contributed by atoms with Crippen molar-refractivity contribution in [2.24, 2.45) is 0 Å². The fraction of sp³-hybridized carbons (Fsp3) is 0.583. The second kappa shape index (κ2) is 6.02. The summed E-state index contributed by atoms with van der Waals surface area (Å²) in [5, 5.41) is 16.5. The van der Waals surface area contributed by atoms with Crippen LogP contribution in [0, 0.1) is 10.1 Å². The van der Waals surface area contributed by atoms with Gasteiger partial charge in [-0.3, -0.25) is 14.9 Å². The fourth-order valence-corrected chi connectivity index (χ4v) is 2.35. The van der Waals surface area contributed by atoms with Crippen LogP contribution in [-0.4, -0.2) is 43.2 Å². The van der Waals surface area contributed by atoms with Crippen LogP contribution in [0.2, 0.25) is 0 Å². The number of carbonyl (C=O) groups excluding carboxylic acids is 1. The van der Waals surface area contributed by atoms with E-state index < -0.39 is 16.7 Å². The van der Waals surface area contributed by atoms with Gasteiger partial charge < -0.3 is 19.8 Å². The summed E-state index contributed by atoms with van der Waals surface area (Å²) in [5.41, 5.74) is -0.275. The Hall–Kier alpha value is -1.93. The molecule has 1 unspecified atom stereocenters. The number of nitro groups is 1. The minimum absolute atomic E-state index is 0.0673. The van der Waals surface area contributed by atoms with E-state index in [-0.39, 0.29) is 11.3 Å². The van der Waals surface area contributed by atoms with Gasteiger partial charge in [0.1, 0.15) is 4.92 Å². The van der Waals surface area contributed by atoms with Crippen molar-refractivity contribution in [1.82, 2.24) is 10.6 Å². The lowest BCUT2D eigenvalue weighted by molar-refractivity contribution is -0.402. The van der Waals surface area contributed by atoms with Crippen LogP contribution in [-0.2, 0) is 4.74 Å². The largest absolute Gasteiger partial charge is 0.433 e. The first-order valence-electron chi connectivity index (χ1n) is 6.33. The number of nitrogens with zero attached hydrogens (tertiary/aromatic N) is 1. The summed E-state index contributed by atoms with van der Waals surface area (Å²) in [5.74, 6) is -0.981. The molecule has 2 heterocycles. The highest BCUT2D eigenvalue weighted by atomic mass is 16.6. The molecule has 0 spiro atoms. The molecule has 110 valence electrons. The van der Waals surface area contributed by atoms with Crippen LogP contribution in [0.1, 0.15) is 23.4 Å². The maximum Gasteiger partial charge on any atom is 0.433 e. The molecule has 1 aliphatic rings. The van der Waals surface area contributed by atoms with Gasteiger partial charge >= 0.3 is 5.88 Å². The molecule has 1 aliphatic heterocycles. The Morgan fingerprint density at radius 1 is 1.65 bits per heavy atom. The highest BCUT2D eigenvalue weighted by Gasteiger charge is 2.34. The summed E-state index contributed by atoms with van der Waals surface area (Å²) in [6.07, 6.45) is 1.92. The summed E-state index contributed by atoms with van der Waals surface area (Å²) in [6.45, 7) is 1.76. The topological polar surface area (TPSA) is 107 Å². The summed E-state index contributed by atoms with van der Waals surface area (Å²) < 4.78 is 10.0. The molecule has 1 amide bonds. The second-order valence-electron chi connectivity index (χ2n) is 4.82. The van der Waals surface area contributed by atoms with E-state index in [0.29, 0.717) is 13.2 Å². The average Bonchev–Trinajstić information content (AvgIpc) is 3.06. The van der Waals surface area contributed by atoms with Gasteiger partial charge in [0.25, 0.3) is 5.91 Å². The zero-order valence-electron chi connectivity index (χ0n) is 11.2. The number of carbonyl (C=O) groups is 1. The van der Waals surface area contributed by atoms with Crippen LogP contribution in [0.15, 0.2) is 16.5 Å². The van der Waals surface area contributed by atoms with Gasteiger partial charge in [0.2, 0.25) is 0 Å². The predicted molar refractivity (Wildman–Crippen MR) is 69.5 cm³/mol. The van der Waals surface area contributed by atoms with E-state index in [2.05, 4.69) is 10.6 Å². The molecular weight excluding hydrogens is 266 g/mol. The number of hydrogen-bond donors (Lipinski definition) is 2. The average molecular weight is 283 g/mol. The monoisotopic (exact) mass is 283 g/mol. The molecule has 8 nitrogen and oxygen atoms in total. The number of methoxy groups -OCH3 is 1. The molecule has 0 aromatic carbocycles. The molecule has 0 saturated carbocycles. The first-order valence-corrected chi connectivity index (χ1v) is 6.33. The van der Waals surface area contributed by atoms with Gasteiger partial charge in [-0.05, 0) is 25.5 Å². The van der Waals surface area contributed by atoms with Crippen molar-refractivity contribution in [3.63, 3.8) is 0 Å². The van der Waals surface area contributed by atoms with Crippen LogP contribution in [0.5, 0.6) is 0 Å². The van der Waals surface area contributed by atoms with E-state index in [1.54, 1.807) is 7.11 Å². The summed E-state index contributed by atoms with van der Waals surface area (Å²) >= 11 is 0. The molecule has 0 radical (unpaired) electrons. The zero-order chi connectivity index (χ0) is 14.6. The number of rotatable bonds is 6. The lowest BCUT2D eigenvalue weighted by Crippen LogP contribution is -2.52. The van der Waals surface area contributed by atoms with E-state index in [1.165, 1.54) is 6.07 Å². The molecule has 20 heavy (non-hydrogen) atoms. The van der Waals surface area contributed by atoms with E-state index in [1.807, 2.05) is 0 Å². The van der Waals surface area contributed by atoms with Crippen molar-refractivity contribution in [1.29, 1.82) is 0 Å². The number of ether oxygens (including phenoxy) is 1. The second-order valence-corrected chi connectivity index (χ2v) is 4.82. The Kier molecular flexibility index (Phi) is 4.35. The van der Waals surface area contributed by atoms with Gasteiger partial charge in [0, 0.05) is 13.7 Å². The van der Waals surface area contributed by atoms with Crippen molar-refractivity contribution in [2.45, 2.75) is 18.4 Å². The van der Waals surface area contributed by atoms with Gasteiger partial charge in [-0.15, -0.1) is 0 Å². The van der Waals surface area contributed by atoms with E-state index >= 15 is 0 Å². The molecule has 1 fully saturated rings. The lowest BCUT2D eigenvalue weighted by atomic mass is 9.98. The van der Waals surface area contributed by atoms with Crippen molar-refractivity contribution in [2.75, 3.05) is 26.8 Å². The van der Waals surface area contributed by atoms with Crippen molar-refractivity contribution in [3.8, 4) is 0 Å². The molecule has 1 aromatic heterocycles. The molecule has 0 aliphatic carbocycles. The first kappa shape index (κ1) is 14.5. The minimum atomic E-state index is -0.679. The molecule has 1 aromatic rings.